The molecule has 1 aromatic heterocycles. The Morgan fingerprint density at radius 1 is 1.27 bits per heavy atom. The minimum absolute atomic E-state index is 0.310. The zero-order valence-electron chi connectivity index (χ0n) is 14.1. The van der Waals surface area contributed by atoms with Gasteiger partial charge in [-0.15, -0.1) is 0 Å². The van der Waals surface area contributed by atoms with Crippen molar-refractivity contribution in [1.82, 2.24) is 15.6 Å². The maximum absolute atomic E-state index is 12.2. The quantitative estimate of drug-likeness (QED) is 0.511. The lowest BCUT2D eigenvalue weighted by Crippen LogP contribution is -2.18. The fourth-order valence-electron chi connectivity index (χ4n) is 2.27. The minimum Gasteiger partial charge on any atom is -0.494 e. The van der Waals surface area contributed by atoms with Crippen molar-refractivity contribution in [2.24, 2.45) is 5.10 Å². The number of rotatable bonds is 6. The Morgan fingerprint density at radius 3 is 2.77 bits per heavy atom. The SMILES string of the molecule is CCOc1ccc(-c2cc(C(=O)NN=Cc3ccccc3Cl)[nH]n2)cc1. The van der Waals surface area contributed by atoms with E-state index in [1.807, 2.05) is 43.3 Å². The normalized spacial score (nSPS) is 10.8. The number of carbonyl (C=O) groups is 1. The summed E-state index contributed by atoms with van der Waals surface area (Å²) in [5.41, 5.74) is 5.01. The van der Waals surface area contributed by atoms with Crippen LogP contribution in [0.2, 0.25) is 5.02 Å². The second-order valence-corrected chi connectivity index (χ2v) is 5.75. The fourth-order valence-corrected chi connectivity index (χ4v) is 2.46. The molecule has 0 radical (unpaired) electrons. The standard InChI is InChI=1S/C19H17ClN4O2/c1-2-26-15-9-7-13(8-10-15)17-11-18(23-22-17)19(25)24-21-12-14-5-3-4-6-16(14)20/h3-12H,2H2,1H3,(H,22,23)(H,24,25). The van der Waals surface area contributed by atoms with Crippen LogP contribution in [-0.2, 0) is 0 Å². The Bertz CT molecular complexity index is 919. The summed E-state index contributed by atoms with van der Waals surface area (Å²) in [6.07, 6.45) is 1.49. The van der Waals surface area contributed by atoms with E-state index in [4.69, 9.17) is 16.3 Å². The second-order valence-electron chi connectivity index (χ2n) is 5.34. The van der Waals surface area contributed by atoms with Crippen LogP contribution in [-0.4, -0.2) is 28.9 Å². The second kappa shape index (κ2) is 8.31. The number of benzene rings is 2. The Labute approximate surface area is 155 Å². The van der Waals surface area contributed by atoms with Gasteiger partial charge < -0.3 is 4.74 Å². The molecule has 0 unspecified atom stereocenters. The van der Waals surface area contributed by atoms with Crippen molar-refractivity contribution in [3.05, 3.63) is 70.9 Å². The molecule has 0 fully saturated rings. The van der Waals surface area contributed by atoms with Crippen LogP contribution in [0.5, 0.6) is 5.75 Å². The molecule has 0 bridgehead atoms. The van der Waals surface area contributed by atoms with Crippen LogP contribution in [0.25, 0.3) is 11.3 Å². The van der Waals surface area contributed by atoms with E-state index in [-0.39, 0.29) is 0 Å². The number of hydrazone groups is 1. The summed E-state index contributed by atoms with van der Waals surface area (Å²) in [5, 5.41) is 11.4. The van der Waals surface area contributed by atoms with Crippen LogP contribution in [0.3, 0.4) is 0 Å². The van der Waals surface area contributed by atoms with E-state index in [1.54, 1.807) is 18.2 Å². The van der Waals surface area contributed by atoms with Gasteiger partial charge in [0.15, 0.2) is 0 Å². The van der Waals surface area contributed by atoms with E-state index in [1.165, 1.54) is 6.21 Å². The lowest BCUT2D eigenvalue weighted by Gasteiger charge is -2.02. The Morgan fingerprint density at radius 2 is 2.04 bits per heavy atom. The monoisotopic (exact) mass is 368 g/mol. The first-order valence-electron chi connectivity index (χ1n) is 8.04. The third kappa shape index (κ3) is 4.29. The van der Waals surface area contributed by atoms with Crippen molar-refractivity contribution < 1.29 is 9.53 Å². The molecular formula is C19H17ClN4O2. The molecule has 2 aromatic carbocycles. The highest BCUT2D eigenvalue weighted by atomic mass is 35.5. The number of hydrogen-bond donors (Lipinski definition) is 2. The molecular weight excluding hydrogens is 352 g/mol. The summed E-state index contributed by atoms with van der Waals surface area (Å²) in [6.45, 7) is 2.54. The molecule has 0 spiro atoms. The maximum Gasteiger partial charge on any atom is 0.289 e. The molecule has 0 saturated heterocycles. The zero-order chi connectivity index (χ0) is 18.4. The number of carbonyl (C=O) groups excluding carboxylic acids is 1. The highest BCUT2D eigenvalue weighted by Crippen LogP contribution is 2.21. The lowest BCUT2D eigenvalue weighted by atomic mass is 10.1. The highest BCUT2D eigenvalue weighted by Gasteiger charge is 2.10. The highest BCUT2D eigenvalue weighted by molar-refractivity contribution is 6.33. The lowest BCUT2D eigenvalue weighted by molar-refractivity contribution is 0.0950. The van der Waals surface area contributed by atoms with Gasteiger partial charge in [0.1, 0.15) is 11.4 Å². The van der Waals surface area contributed by atoms with Crippen LogP contribution in [0.1, 0.15) is 23.0 Å². The molecule has 0 atom stereocenters. The van der Waals surface area contributed by atoms with Crippen molar-refractivity contribution in [3.63, 3.8) is 0 Å². The molecule has 7 heteroatoms. The molecule has 0 aliphatic rings. The average Bonchev–Trinajstić information content (AvgIpc) is 3.14. The number of amides is 1. The summed E-state index contributed by atoms with van der Waals surface area (Å²) < 4.78 is 5.41. The molecule has 6 nitrogen and oxygen atoms in total. The van der Waals surface area contributed by atoms with Crippen LogP contribution in [0.15, 0.2) is 59.7 Å². The summed E-state index contributed by atoms with van der Waals surface area (Å²) in [4.78, 5) is 12.2. The van der Waals surface area contributed by atoms with Gasteiger partial charge in [-0.3, -0.25) is 9.89 Å². The van der Waals surface area contributed by atoms with Gasteiger partial charge in [-0.05, 0) is 43.3 Å². The van der Waals surface area contributed by atoms with Gasteiger partial charge in [0.25, 0.3) is 5.91 Å². The van der Waals surface area contributed by atoms with Gasteiger partial charge in [0, 0.05) is 16.1 Å². The van der Waals surface area contributed by atoms with E-state index in [0.29, 0.717) is 28.6 Å². The van der Waals surface area contributed by atoms with Gasteiger partial charge in [-0.25, -0.2) is 5.43 Å². The minimum atomic E-state index is -0.391. The number of halogens is 1. The first-order valence-corrected chi connectivity index (χ1v) is 8.41. The number of aromatic nitrogens is 2. The van der Waals surface area contributed by atoms with Crippen LogP contribution in [0.4, 0.5) is 0 Å². The van der Waals surface area contributed by atoms with Gasteiger partial charge in [0.05, 0.1) is 18.5 Å². The number of H-pyrrole nitrogens is 1. The van der Waals surface area contributed by atoms with Crippen molar-refractivity contribution in [3.8, 4) is 17.0 Å². The Hall–Kier alpha value is -3.12. The number of aromatic amines is 1. The first kappa shape index (κ1) is 17.7. The number of nitrogens with one attached hydrogen (secondary N) is 2. The molecule has 0 aliphatic heterocycles. The topological polar surface area (TPSA) is 79.4 Å². The predicted molar refractivity (Wildman–Crippen MR) is 102 cm³/mol. The molecule has 0 saturated carbocycles. The molecule has 132 valence electrons. The van der Waals surface area contributed by atoms with E-state index < -0.39 is 5.91 Å². The third-order valence-electron chi connectivity index (χ3n) is 3.56. The molecule has 0 aliphatic carbocycles. The third-order valence-corrected chi connectivity index (χ3v) is 3.90. The Balaban J connectivity index is 1.65. The molecule has 3 aromatic rings. The summed E-state index contributed by atoms with van der Waals surface area (Å²) >= 11 is 6.03. The molecule has 26 heavy (non-hydrogen) atoms. The fraction of sp³-hybridized carbons (Fsp3) is 0.105. The number of hydrogen-bond acceptors (Lipinski definition) is 4. The smallest absolute Gasteiger partial charge is 0.289 e. The maximum atomic E-state index is 12.2. The summed E-state index contributed by atoms with van der Waals surface area (Å²) in [7, 11) is 0. The van der Waals surface area contributed by atoms with Gasteiger partial charge >= 0.3 is 0 Å². The number of ether oxygens (including phenoxy) is 1. The average molecular weight is 369 g/mol. The van der Waals surface area contributed by atoms with Crippen molar-refractivity contribution in [1.29, 1.82) is 0 Å². The van der Waals surface area contributed by atoms with Crippen molar-refractivity contribution in [2.45, 2.75) is 6.92 Å². The summed E-state index contributed by atoms with van der Waals surface area (Å²) in [6, 6.07) is 16.4. The van der Waals surface area contributed by atoms with E-state index in [9.17, 15) is 4.79 Å². The van der Waals surface area contributed by atoms with Crippen LogP contribution >= 0.6 is 11.6 Å². The van der Waals surface area contributed by atoms with Gasteiger partial charge in [-0.1, -0.05) is 29.8 Å². The van der Waals surface area contributed by atoms with E-state index in [0.717, 1.165) is 11.3 Å². The Kier molecular flexibility index (Phi) is 5.66. The predicted octanol–water partition coefficient (Wildman–Crippen LogP) is 3.89. The van der Waals surface area contributed by atoms with Crippen molar-refractivity contribution in [2.75, 3.05) is 6.61 Å². The molecule has 3 rings (SSSR count). The van der Waals surface area contributed by atoms with Crippen LogP contribution in [0, 0.1) is 0 Å². The van der Waals surface area contributed by atoms with Crippen LogP contribution < -0.4 is 10.2 Å². The summed E-state index contributed by atoms with van der Waals surface area (Å²) in [5.74, 6) is 0.400. The van der Waals surface area contributed by atoms with Gasteiger partial charge in [0.2, 0.25) is 0 Å². The number of nitrogens with zero attached hydrogens (tertiary/aromatic N) is 2. The van der Waals surface area contributed by atoms with E-state index in [2.05, 4.69) is 20.7 Å². The molecule has 1 heterocycles. The zero-order valence-corrected chi connectivity index (χ0v) is 14.8. The van der Waals surface area contributed by atoms with Crippen molar-refractivity contribution >= 4 is 23.7 Å². The first-order chi connectivity index (χ1) is 12.7. The molecule has 1 amide bonds. The van der Waals surface area contributed by atoms with E-state index >= 15 is 0 Å². The molecule has 2 N–H and O–H groups in total. The largest absolute Gasteiger partial charge is 0.494 e. The van der Waals surface area contributed by atoms with Gasteiger partial charge in [-0.2, -0.15) is 10.2 Å².